The minimum absolute atomic E-state index is 0.0418. The van der Waals surface area contributed by atoms with E-state index in [1.54, 1.807) is 51.1 Å². The summed E-state index contributed by atoms with van der Waals surface area (Å²) >= 11 is 0. The number of nitrogens with one attached hydrogen (secondary N) is 3. The van der Waals surface area contributed by atoms with E-state index in [9.17, 15) is 19.2 Å². The van der Waals surface area contributed by atoms with Gasteiger partial charge in [0.2, 0.25) is 6.29 Å². The first-order valence-corrected chi connectivity index (χ1v) is 11.7. The third kappa shape index (κ3) is 8.60. The number of hydrogen-bond donors (Lipinski definition) is 3. The van der Waals surface area contributed by atoms with Crippen LogP contribution in [0.2, 0.25) is 0 Å². The van der Waals surface area contributed by atoms with E-state index >= 15 is 0 Å². The molecular formula is C27H30N4O6. The molecule has 0 aliphatic heterocycles. The number of nitrogens with zero attached hydrogens (tertiary/aromatic N) is 1. The lowest BCUT2D eigenvalue weighted by atomic mass is 10.0. The molecule has 194 valence electrons. The van der Waals surface area contributed by atoms with Gasteiger partial charge in [-0.25, -0.2) is 14.7 Å². The Labute approximate surface area is 214 Å². The van der Waals surface area contributed by atoms with Crippen LogP contribution >= 0.6 is 0 Å². The molecule has 1 atom stereocenters. The summed E-state index contributed by atoms with van der Waals surface area (Å²) in [7, 11) is 0. The molecule has 0 saturated heterocycles. The molecule has 0 spiro atoms. The Balaban J connectivity index is 1.80. The molecule has 0 saturated carbocycles. The zero-order chi connectivity index (χ0) is 26.8. The van der Waals surface area contributed by atoms with Crippen LogP contribution < -0.4 is 16.2 Å². The number of H-pyrrole nitrogens is 1. The highest BCUT2D eigenvalue weighted by molar-refractivity contribution is 6.20. The van der Waals surface area contributed by atoms with Crippen molar-refractivity contribution in [3.8, 4) is 11.1 Å². The molecule has 10 heteroatoms. The molecule has 0 fully saturated rings. The number of anilines is 1. The molecule has 0 aliphatic rings. The maximum absolute atomic E-state index is 12.6. The van der Waals surface area contributed by atoms with Gasteiger partial charge in [0.25, 0.3) is 5.56 Å². The van der Waals surface area contributed by atoms with Crippen molar-refractivity contribution in [2.24, 2.45) is 0 Å². The Morgan fingerprint density at radius 3 is 2.43 bits per heavy atom. The van der Waals surface area contributed by atoms with Crippen molar-refractivity contribution in [1.29, 1.82) is 0 Å². The Hall–Kier alpha value is -4.47. The van der Waals surface area contributed by atoms with Crippen molar-refractivity contribution >= 4 is 24.0 Å². The summed E-state index contributed by atoms with van der Waals surface area (Å²) in [5.41, 5.74) is 2.19. The van der Waals surface area contributed by atoms with Crippen molar-refractivity contribution in [2.75, 3.05) is 18.5 Å². The number of benzene rings is 2. The summed E-state index contributed by atoms with van der Waals surface area (Å²) < 4.78 is 10.1. The second-order valence-corrected chi connectivity index (χ2v) is 9.21. The molecule has 1 aromatic heterocycles. The minimum Gasteiger partial charge on any atom is -0.458 e. The second-order valence-electron chi connectivity index (χ2n) is 9.21. The number of carbonyl (C=O) groups excluding carboxylic acids is 3. The van der Waals surface area contributed by atoms with Crippen molar-refractivity contribution in [2.45, 2.75) is 38.8 Å². The molecule has 0 radical (unpaired) electrons. The van der Waals surface area contributed by atoms with Gasteiger partial charge in [-0.05, 0) is 56.5 Å². The number of aldehydes is 1. The molecule has 1 heterocycles. The van der Waals surface area contributed by atoms with E-state index in [4.69, 9.17) is 9.47 Å². The number of rotatable bonds is 10. The normalized spacial score (nSPS) is 11.8. The maximum atomic E-state index is 12.6. The zero-order valence-electron chi connectivity index (χ0n) is 20.9. The number of carbonyl (C=O) groups is 3. The number of aromatic nitrogens is 2. The van der Waals surface area contributed by atoms with Gasteiger partial charge in [-0.15, -0.1) is 0 Å². The van der Waals surface area contributed by atoms with E-state index in [2.05, 4.69) is 20.8 Å². The molecular weight excluding hydrogens is 476 g/mol. The number of alkyl carbamates (subject to hydrolysis) is 1. The molecule has 10 nitrogen and oxygen atoms in total. The van der Waals surface area contributed by atoms with Crippen LogP contribution in [0, 0.1) is 0 Å². The molecule has 37 heavy (non-hydrogen) atoms. The molecule has 0 unspecified atom stereocenters. The standard InChI is InChI=1S/C27H30N4O6/c1-27(2,3)37-26(35)29-22(15-18-7-5-4-6-8-18)23-16-21(25(34)31-30-23)19-9-11-20(12-10-19)28-13-14-36-24(33)17-32/h4-12,16-17,22,28H,13-15H2,1-3H3,(H,29,35)(H,31,34)/t22-/m0/s1. The van der Waals surface area contributed by atoms with Gasteiger partial charge >= 0.3 is 12.1 Å². The van der Waals surface area contributed by atoms with Crippen LogP contribution in [-0.4, -0.2) is 47.3 Å². The average Bonchev–Trinajstić information content (AvgIpc) is 2.86. The third-order valence-corrected chi connectivity index (χ3v) is 5.12. The SMILES string of the molecule is CC(C)(C)OC(=O)N[C@@H](Cc1ccccc1)c1cc(-c2ccc(NCCOC(=O)C=O)cc2)c(=O)[nH]n1. The molecule has 3 rings (SSSR count). The number of ether oxygens (including phenoxy) is 2. The Kier molecular flexibility index (Phi) is 9.15. The first-order valence-electron chi connectivity index (χ1n) is 11.7. The van der Waals surface area contributed by atoms with Crippen LogP contribution in [0.1, 0.15) is 38.1 Å². The third-order valence-electron chi connectivity index (χ3n) is 5.12. The fourth-order valence-corrected chi connectivity index (χ4v) is 3.49. The van der Waals surface area contributed by atoms with Crippen molar-refractivity contribution in [3.63, 3.8) is 0 Å². The number of aromatic amines is 1. The lowest BCUT2D eigenvalue weighted by Crippen LogP contribution is -2.36. The summed E-state index contributed by atoms with van der Waals surface area (Å²) in [4.78, 5) is 46.3. The first-order chi connectivity index (χ1) is 17.6. The van der Waals surface area contributed by atoms with E-state index in [1.165, 1.54) is 0 Å². The van der Waals surface area contributed by atoms with Gasteiger partial charge < -0.3 is 20.1 Å². The monoisotopic (exact) mass is 506 g/mol. The number of esters is 1. The summed E-state index contributed by atoms with van der Waals surface area (Å²) in [6.07, 6.45) is -0.0315. The minimum atomic E-state index is -0.920. The van der Waals surface area contributed by atoms with Gasteiger partial charge in [0, 0.05) is 12.2 Å². The van der Waals surface area contributed by atoms with Crippen molar-refractivity contribution in [3.05, 3.63) is 82.3 Å². The lowest BCUT2D eigenvalue weighted by molar-refractivity contribution is -0.148. The average molecular weight is 507 g/mol. The summed E-state index contributed by atoms with van der Waals surface area (Å²) in [6, 6.07) is 17.8. The summed E-state index contributed by atoms with van der Waals surface area (Å²) in [6.45, 7) is 5.71. The fraction of sp³-hybridized carbons (Fsp3) is 0.296. The Morgan fingerprint density at radius 1 is 1.08 bits per heavy atom. The van der Waals surface area contributed by atoms with Gasteiger partial charge in [-0.2, -0.15) is 5.10 Å². The van der Waals surface area contributed by atoms with Crippen LogP contribution in [0.3, 0.4) is 0 Å². The highest BCUT2D eigenvalue weighted by Gasteiger charge is 2.23. The smallest absolute Gasteiger partial charge is 0.408 e. The largest absolute Gasteiger partial charge is 0.458 e. The van der Waals surface area contributed by atoms with E-state index in [-0.39, 0.29) is 18.5 Å². The highest BCUT2D eigenvalue weighted by atomic mass is 16.6. The van der Waals surface area contributed by atoms with Crippen LogP contribution in [0.5, 0.6) is 0 Å². The van der Waals surface area contributed by atoms with Gasteiger partial charge in [-0.1, -0.05) is 42.5 Å². The quantitative estimate of drug-likeness (QED) is 0.165. The van der Waals surface area contributed by atoms with Gasteiger partial charge in [0.15, 0.2) is 0 Å². The van der Waals surface area contributed by atoms with Gasteiger partial charge in [-0.3, -0.25) is 9.59 Å². The number of amides is 1. The summed E-state index contributed by atoms with van der Waals surface area (Å²) in [5.74, 6) is -0.920. The zero-order valence-corrected chi connectivity index (χ0v) is 20.9. The molecule has 2 aromatic carbocycles. The molecule has 0 aliphatic carbocycles. The van der Waals surface area contributed by atoms with Crippen LogP contribution in [0.25, 0.3) is 11.1 Å². The second kappa shape index (κ2) is 12.5. The predicted molar refractivity (Wildman–Crippen MR) is 138 cm³/mol. The predicted octanol–water partition coefficient (Wildman–Crippen LogP) is 3.40. The van der Waals surface area contributed by atoms with E-state index in [1.807, 2.05) is 30.3 Å². The van der Waals surface area contributed by atoms with Gasteiger partial charge in [0.05, 0.1) is 17.3 Å². The first kappa shape index (κ1) is 27.1. The molecule has 3 N–H and O–H groups in total. The van der Waals surface area contributed by atoms with E-state index in [0.29, 0.717) is 29.8 Å². The van der Waals surface area contributed by atoms with Crippen LogP contribution in [0.4, 0.5) is 10.5 Å². The highest BCUT2D eigenvalue weighted by Crippen LogP contribution is 2.23. The lowest BCUT2D eigenvalue weighted by Gasteiger charge is -2.23. The maximum Gasteiger partial charge on any atom is 0.408 e. The van der Waals surface area contributed by atoms with Crippen LogP contribution in [0.15, 0.2) is 65.5 Å². The fourth-order valence-electron chi connectivity index (χ4n) is 3.49. The number of hydrogen-bond acceptors (Lipinski definition) is 8. The van der Waals surface area contributed by atoms with E-state index < -0.39 is 23.7 Å². The van der Waals surface area contributed by atoms with Crippen molar-refractivity contribution in [1.82, 2.24) is 15.5 Å². The molecule has 1 amide bonds. The topological polar surface area (TPSA) is 139 Å². The van der Waals surface area contributed by atoms with Gasteiger partial charge in [0.1, 0.15) is 12.2 Å². The Bertz CT molecular complexity index is 1270. The van der Waals surface area contributed by atoms with E-state index in [0.717, 1.165) is 11.3 Å². The van der Waals surface area contributed by atoms with Crippen LogP contribution in [-0.2, 0) is 25.5 Å². The molecule has 0 bridgehead atoms. The van der Waals surface area contributed by atoms with Crippen molar-refractivity contribution < 1.29 is 23.9 Å². The molecule has 3 aromatic rings. The summed E-state index contributed by atoms with van der Waals surface area (Å²) in [5, 5.41) is 12.7. The Morgan fingerprint density at radius 2 is 1.78 bits per heavy atom.